The molecule has 0 aromatic heterocycles. The van der Waals surface area contributed by atoms with Crippen molar-refractivity contribution in [2.75, 3.05) is 33.8 Å². The lowest BCUT2D eigenvalue weighted by Gasteiger charge is -2.34. The lowest BCUT2D eigenvalue weighted by atomic mass is 10.0. The minimum absolute atomic E-state index is 0.0163. The number of nitrogens with zero attached hydrogens (tertiary/aromatic N) is 2. The predicted molar refractivity (Wildman–Crippen MR) is 280 cm³/mol. The highest BCUT2D eigenvalue weighted by atomic mass is 16.5. The smallest absolute Gasteiger partial charge is 0.306 e. The van der Waals surface area contributed by atoms with E-state index in [1.807, 2.05) is 34.9 Å². The Morgan fingerprint density at radius 1 is 0.530 bits per heavy atom. The van der Waals surface area contributed by atoms with Crippen LogP contribution in [0.4, 0.5) is 0 Å². The van der Waals surface area contributed by atoms with E-state index in [1.165, 1.54) is 77.0 Å². The molecular weight excluding hydrogens is 823 g/mol. The quantitative estimate of drug-likeness (QED) is 0.0368. The standard InChI is InChI=1S/C57H105N3O6/c1-9-12-15-18-21-22-23-24-25-26-27-28-29-32-37-46-54(62)65-50-40-33-36-44-52(56(64)58-57(4,5)6)60(49-41-48-59(7)8)53(61)45-38-39-47-55(63)66-51(42-34-30-19-16-13-10-2)43-35-31-20-17-14-11-3/h12,15,21-22,24-25,51-52H,9-11,13-14,16-20,23,26-50H2,1-8H3,(H,58,64)/b15-12-,22-21-,25-24-. The number of nitrogens with one attached hydrogen (secondary N) is 1. The van der Waals surface area contributed by atoms with Gasteiger partial charge in [0.25, 0.3) is 0 Å². The molecule has 0 saturated heterocycles. The Morgan fingerprint density at radius 3 is 1.64 bits per heavy atom. The molecule has 1 N–H and O–H groups in total. The number of carbonyl (C=O) groups is 4. The third-order valence-electron chi connectivity index (χ3n) is 12.0. The fraction of sp³-hybridized carbons (Fsp3) is 0.825. The lowest BCUT2D eigenvalue weighted by Crippen LogP contribution is -2.54. The zero-order valence-electron chi connectivity index (χ0n) is 44.4. The molecule has 9 nitrogen and oxygen atoms in total. The van der Waals surface area contributed by atoms with Gasteiger partial charge in [-0.05, 0) is 144 Å². The third-order valence-corrected chi connectivity index (χ3v) is 12.0. The first-order valence-electron chi connectivity index (χ1n) is 27.4. The van der Waals surface area contributed by atoms with Gasteiger partial charge in [-0.25, -0.2) is 0 Å². The van der Waals surface area contributed by atoms with Gasteiger partial charge < -0.3 is 24.6 Å². The molecule has 1 atom stereocenters. The SMILES string of the molecule is CC/C=C\C/C=C\C/C=C\CCCCCCCC(=O)OCCCCCC(C(=O)NC(C)(C)C)N(CCCN(C)C)C(=O)CCCCC(=O)OC(CCCCCCCC)CCCCCCCC. The molecule has 0 rings (SSSR count). The van der Waals surface area contributed by atoms with E-state index >= 15 is 0 Å². The van der Waals surface area contributed by atoms with Crippen molar-refractivity contribution in [1.29, 1.82) is 0 Å². The van der Waals surface area contributed by atoms with Crippen LogP contribution in [-0.2, 0) is 28.7 Å². The summed E-state index contributed by atoms with van der Waals surface area (Å²) < 4.78 is 11.6. The minimum atomic E-state index is -0.591. The van der Waals surface area contributed by atoms with Gasteiger partial charge >= 0.3 is 11.9 Å². The summed E-state index contributed by atoms with van der Waals surface area (Å²) >= 11 is 0. The van der Waals surface area contributed by atoms with E-state index < -0.39 is 11.6 Å². The summed E-state index contributed by atoms with van der Waals surface area (Å²) in [5.74, 6) is -0.458. The van der Waals surface area contributed by atoms with Crippen molar-refractivity contribution < 1.29 is 28.7 Å². The van der Waals surface area contributed by atoms with Crippen LogP contribution in [0.2, 0.25) is 0 Å². The summed E-state index contributed by atoms with van der Waals surface area (Å²) in [6.07, 6.45) is 45.3. The zero-order valence-corrected chi connectivity index (χ0v) is 44.4. The van der Waals surface area contributed by atoms with Crippen molar-refractivity contribution in [2.24, 2.45) is 0 Å². The normalized spacial score (nSPS) is 12.6. The largest absolute Gasteiger partial charge is 0.466 e. The molecule has 9 heteroatoms. The van der Waals surface area contributed by atoms with Crippen LogP contribution in [0.3, 0.4) is 0 Å². The molecule has 0 saturated carbocycles. The number of amides is 2. The summed E-state index contributed by atoms with van der Waals surface area (Å²) in [5, 5.41) is 3.15. The topological polar surface area (TPSA) is 105 Å². The summed E-state index contributed by atoms with van der Waals surface area (Å²) in [7, 11) is 4.03. The molecule has 0 fully saturated rings. The molecule has 0 bridgehead atoms. The molecule has 0 aromatic carbocycles. The molecular formula is C57H105N3O6. The number of rotatable bonds is 45. The average molecular weight is 928 g/mol. The van der Waals surface area contributed by atoms with E-state index in [9.17, 15) is 19.2 Å². The van der Waals surface area contributed by atoms with Crippen LogP contribution < -0.4 is 5.32 Å². The Morgan fingerprint density at radius 2 is 1.03 bits per heavy atom. The first kappa shape index (κ1) is 63.1. The minimum Gasteiger partial charge on any atom is -0.466 e. The number of ether oxygens (including phenoxy) is 2. The van der Waals surface area contributed by atoms with E-state index in [0.29, 0.717) is 45.3 Å². The number of hydrogen-bond acceptors (Lipinski definition) is 7. The predicted octanol–water partition coefficient (Wildman–Crippen LogP) is 14.7. The van der Waals surface area contributed by atoms with Crippen LogP contribution in [0.15, 0.2) is 36.5 Å². The van der Waals surface area contributed by atoms with Gasteiger partial charge in [0, 0.05) is 31.3 Å². The van der Waals surface area contributed by atoms with Gasteiger partial charge in [0.15, 0.2) is 0 Å². The van der Waals surface area contributed by atoms with Crippen LogP contribution in [0.1, 0.15) is 253 Å². The van der Waals surface area contributed by atoms with Crippen molar-refractivity contribution in [3.63, 3.8) is 0 Å². The van der Waals surface area contributed by atoms with Crippen LogP contribution >= 0.6 is 0 Å². The fourth-order valence-corrected chi connectivity index (χ4v) is 8.16. The Kier molecular flexibility index (Phi) is 42.6. The molecule has 66 heavy (non-hydrogen) atoms. The van der Waals surface area contributed by atoms with Crippen molar-refractivity contribution in [3.8, 4) is 0 Å². The van der Waals surface area contributed by atoms with Crippen molar-refractivity contribution >= 4 is 23.8 Å². The second kappa shape index (κ2) is 44.6. The second-order valence-electron chi connectivity index (χ2n) is 20.1. The Hall–Kier alpha value is -2.94. The van der Waals surface area contributed by atoms with Crippen molar-refractivity contribution in [1.82, 2.24) is 15.1 Å². The molecule has 0 aromatic rings. The van der Waals surface area contributed by atoms with E-state index in [-0.39, 0.29) is 36.3 Å². The number of esters is 2. The highest BCUT2D eigenvalue weighted by Gasteiger charge is 2.31. The Balaban J connectivity index is 5.00. The molecule has 0 spiro atoms. The van der Waals surface area contributed by atoms with Gasteiger partial charge in [0.05, 0.1) is 6.61 Å². The summed E-state index contributed by atoms with van der Waals surface area (Å²) in [6, 6.07) is -0.591. The maximum absolute atomic E-state index is 14.0. The molecule has 0 aliphatic rings. The molecule has 0 aliphatic heterocycles. The van der Waals surface area contributed by atoms with Gasteiger partial charge in [-0.2, -0.15) is 0 Å². The maximum atomic E-state index is 14.0. The fourth-order valence-electron chi connectivity index (χ4n) is 8.16. The number of unbranched alkanes of at least 4 members (excludes halogenated alkanes) is 18. The highest BCUT2D eigenvalue weighted by Crippen LogP contribution is 2.20. The molecule has 0 radical (unpaired) electrons. The number of allylic oxidation sites excluding steroid dienone is 6. The molecule has 384 valence electrons. The van der Waals surface area contributed by atoms with Crippen LogP contribution in [0.5, 0.6) is 0 Å². The summed E-state index contributed by atoms with van der Waals surface area (Å²) in [4.78, 5) is 57.2. The average Bonchev–Trinajstić information content (AvgIpc) is 3.26. The van der Waals surface area contributed by atoms with E-state index in [2.05, 4.69) is 67.4 Å². The van der Waals surface area contributed by atoms with Gasteiger partial charge in [-0.1, -0.05) is 147 Å². The number of carbonyl (C=O) groups excluding carboxylic acids is 4. The molecule has 0 aliphatic carbocycles. The monoisotopic (exact) mass is 928 g/mol. The van der Waals surface area contributed by atoms with E-state index in [4.69, 9.17) is 9.47 Å². The van der Waals surface area contributed by atoms with E-state index in [0.717, 1.165) is 103 Å². The first-order valence-corrected chi connectivity index (χ1v) is 27.4. The Bertz CT molecular complexity index is 1250. The van der Waals surface area contributed by atoms with Gasteiger partial charge in [0.1, 0.15) is 12.1 Å². The van der Waals surface area contributed by atoms with Crippen molar-refractivity contribution in [3.05, 3.63) is 36.5 Å². The maximum Gasteiger partial charge on any atom is 0.306 e. The van der Waals surface area contributed by atoms with Crippen molar-refractivity contribution in [2.45, 2.75) is 271 Å². The third kappa shape index (κ3) is 41.3. The van der Waals surface area contributed by atoms with Crippen LogP contribution in [0.25, 0.3) is 0 Å². The lowest BCUT2D eigenvalue weighted by molar-refractivity contribution is -0.150. The van der Waals surface area contributed by atoms with Crippen LogP contribution in [-0.4, -0.2) is 85.0 Å². The number of hydrogen-bond donors (Lipinski definition) is 1. The van der Waals surface area contributed by atoms with E-state index in [1.54, 1.807) is 4.90 Å². The van der Waals surface area contributed by atoms with Crippen LogP contribution in [0, 0.1) is 0 Å². The molecule has 1 unspecified atom stereocenters. The first-order chi connectivity index (χ1) is 31.8. The molecule has 0 heterocycles. The zero-order chi connectivity index (χ0) is 48.9. The Labute approximate surface area is 407 Å². The highest BCUT2D eigenvalue weighted by molar-refractivity contribution is 5.88. The summed E-state index contributed by atoms with van der Waals surface area (Å²) in [6.45, 7) is 14.2. The van der Waals surface area contributed by atoms with Gasteiger partial charge in [0.2, 0.25) is 11.8 Å². The van der Waals surface area contributed by atoms with Gasteiger partial charge in [-0.15, -0.1) is 0 Å². The van der Waals surface area contributed by atoms with Gasteiger partial charge in [-0.3, -0.25) is 19.2 Å². The molecule has 2 amide bonds. The summed E-state index contributed by atoms with van der Waals surface area (Å²) in [5.41, 5.74) is -0.440. The second-order valence-corrected chi connectivity index (χ2v) is 20.1.